The van der Waals surface area contributed by atoms with E-state index >= 15 is 0 Å². The molecule has 0 amide bonds. The second-order valence-corrected chi connectivity index (χ2v) is 19.2. The number of aliphatic hydroxyl groups excluding tert-OH is 2. The van der Waals surface area contributed by atoms with E-state index in [0.717, 1.165) is 57.8 Å². The molecule has 0 radical (unpaired) electrons. The Labute approximate surface area is 373 Å². The number of carbonyl (C=O) groups excluding carboxylic acids is 3. The van der Waals surface area contributed by atoms with Crippen LogP contribution in [0.25, 0.3) is 0 Å². The zero-order valence-electron chi connectivity index (χ0n) is 40.7. The predicted molar refractivity (Wildman–Crippen MR) is 257 cm³/mol. The molecule has 0 aliphatic carbocycles. The molecule has 60 heavy (non-hydrogen) atoms. The minimum Gasteiger partial charge on any atom is -0.382 e. The summed E-state index contributed by atoms with van der Waals surface area (Å²) in [5, 5.41) is 34.5. The van der Waals surface area contributed by atoms with Gasteiger partial charge in [0.25, 0.3) is 0 Å². The van der Waals surface area contributed by atoms with Gasteiger partial charge in [0.15, 0.2) is 35.2 Å². The van der Waals surface area contributed by atoms with Crippen LogP contribution in [0.3, 0.4) is 0 Å². The maximum absolute atomic E-state index is 13.7. The lowest BCUT2D eigenvalue weighted by Crippen LogP contribution is -2.63. The molecule has 0 saturated heterocycles. The van der Waals surface area contributed by atoms with Gasteiger partial charge in [-0.15, -0.1) is 0 Å². The van der Waals surface area contributed by atoms with Crippen LogP contribution in [-0.2, 0) is 14.4 Å². The van der Waals surface area contributed by atoms with Crippen molar-refractivity contribution >= 4 is 17.3 Å². The summed E-state index contributed by atoms with van der Waals surface area (Å²) in [7, 11) is 0. The average Bonchev–Trinajstić information content (AvgIpc) is 3.25. The molecule has 3 N–H and O–H groups in total. The lowest BCUT2D eigenvalue weighted by atomic mass is 9.77. The maximum Gasteiger partial charge on any atom is 0.189 e. The number of unbranched alkanes of at least 4 members (excludes halogenated alkanes) is 37. The number of hydrogen-bond acceptors (Lipinski definition) is 6. The molecule has 4 unspecified atom stereocenters. The van der Waals surface area contributed by atoms with E-state index in [1.165, 1.54) is 186 Å². The van der Waals surface area contributed by atoms with Crippen LogP contribution in [0, 0.1) is 5.92 Å². The van der Waals surface area contributed by atoms with Crippen molar-refractivity contribution in [2.45, 2.75) is 322 Å². The van der Waals surface area contributed by atoms with E-state index in [1.54, 1.807) is 6.92 Å². The number of hydrogen-bond donors (Lipinski definition) is 3. The first-order chi connectivity index (χ1) is 29.2. The smallest absolute Gasteiger partial charge is 0.189 e. The van der Waals surface area contributed by atoms with Gasteiger partial charge in [0.05, 0.1) is 0 Å². The molecular weight excluding hydrogens is 745 g/mol. The summed E-state index contributed by atoms with van der Waals surface area (Å²) in [6.45, 7) is 8.48. The molecule has 0 aliphatic heterocycles. The van der Waals surface area contributed by atoms with Crippen LogP contribution < -0.4 is 0 Å². The minimum absolute atomic E-state index is 0.0166. The average molecular weight is 849 g/mol. The molecule has 356 valence electrons. The maximum atomic E-state index is 13.7. The summed E-state index contributed by atoms with van der Waals surface area (Å²) in [5.41, 5.74) is -2.81. The Morgan fingerprint density at radius 2 is 0.617 bits per heavy atom. The fraction of sp³-hybridized carbons (Fsp3) is 0.944. The molecule has 0 aromatic heterocycles. The third kappa shape index (κ3) is 31.7. The zero-order chi connectivity index (χ0) is 44.4. The summed E-state index contributed by atoms with van der Waals surface area (Å²) < 4.78 is 0. The van der Waals surface area contributed by atoms with Crippen molar-refractivity contribution in [2.24, 2.45) is 5.92 Å². The molecule has 0 spiro atoms. The number of rotatable bonds is 49. The number of aliphatic hydroxyl groups is 3. The predicted octanol–water partition coefficient (Wildman–Crippen LogP) is 15.6. The van der Waals surface area contributed by atoms with E-state index in [0.29, 0.717) is 19.3 Å². The standard InChI is InChI=1S/C54H104O6/c1-5-8-11-14-17-20-23-26-29-30-33-36-39-42-45-48(4)51(57)53(59)54(60,50(56)47-44-41-38-35-32-28-25-22-19-16-13-10-7-3)52(58)49(55)46-43-40-37-34-31-27-24-21-18-15-12-9-6-2/h48,52-53,58-60H,5-47H2,1-4H3. The van der Waals surface area contributed by atoms with Crippen molar-refractivity contribution in [3.63, 3.8) is 0 Å². The highest BCUT2D eigenvalue weighted by Crippen LogP contribution is 2.28. The lowest BCUT2D eigenvalue weighted by Gasteiger charge is -2.35. The van der Waals surface area contributed by atoms with Crippen LogP contribution in [0.1, 0.15) is 304 Å². The molecule has 0 bridgehead atoms. The van der Waals surface area contributed by atoms with Crippen molar-refractivity contribution in [1.29, 1.82) is 0 Å². The van der Waals surface area contributed by atoms with E-state index < -0.39 is 41.1 Å². The summed E-state index contributed by atoms with van der Waals surface area (Å²) in [5.74, 6) is -2.69. The molecule has 0 fully saturated rings. The largest absolute Gasteiger partial charge is 0.382 e. The van der Waals surface area contributed by atoms with E-state index in [1.807, 2.05) is 0 Å². The van der Waals surface area contributed by atoms with Crippen molar-refractivity contribution in [3.8, 4) is 0 Å². The first-order valence-corrected chi connectivity index (χ1v) is 26.9. The fourth-order valence-electron chi connectivity index (χ4n) is 8.93. The number of carbonyl (C=O) groups is 3. The van der Waals surface area contributed by atoms with Gasteiger partial charge in [-0.2, -0.15) is 0 Å². The van der Waals surface area contributed by atoms with Gasteiger partial charge in [0.2, 0.25) is 0 Å². The minimum atomic E-state index is -2.81. The summed E-state index contributed by atoms with van der Waals surface area (Å²) in [6, 6.07) is 0. The number of Topliss-reactive ketones (excluding diaryl/α,β-unsaturated/α-hetero) is 3. The highest BCUT2D eigenvalue weighted by molar-refractivity contribution is 6.02. The van der Waals surface area contributed by atoms with Crippen LogP contribution in [0.15, 0.2) is 0 Å². The van der Waals surface area contributed by atoms with Gasteiger partial charge in [-0.05, 0) is 19.3 Å². The molecule has 0 aromatic rings. The van der Waals surface area contributed by atoms with Crippen molar-refractivity contribution in [2.75, 3.05) is 0 Å². The van der Waals surface area contributed by atoms with Crippen molar-refractivity contribution in [1.82, 2.24) is 0 Å². The SMILES string of the molecule is CCCCCCCCCCCCCCCCC(C)C(=O)C(O)C(O)(C(=O)CCCCCCCCCCCCCCC)C(O)C(=O)CCCCCCCCCCCCCCC. The van der Waals surface area contributed by atoms with E-state index in [9.17, 15) is 29.7 Å². The van der Waals surface area contributed by atoms with Crippen LogP contribution >= 0.6 is 0 Å². The van der Waals surface area contributed by atoms with Gasteiger partial charge in [-0.3, -0.25) is 14.4 Å². The van der Waals surface area contributed by atoms with E-state index in [4.69, 9.17) is 0 Å². The summed E-state index contributed by atoms with van der Waals surface area (Å²) >= 11 is 0. The lowest BCUT2D eigenvalue weighted by molar-refractivity contribution is -0.183. The second kappa shape index (κ2) is 43.2. The summed E-state index contributed by atoms with van der Waals surface area (Å²) in [4.78, 5) is 40.6. The van der Waals surface area contributed by atoms with E-state index in [2.05, 4.69) is 20.8 Å². The Hall–Kier alpha value is -1.11. The van der Waals surface area contributed by atoms with Crippen LogP contribution in [0.4, 0.5) is 0 Å². The normalized spacial score (nSPS) is 14.2. The molecule has 6 nitrogen and oxygen atoms in total. The highest BCUT2D eigenvalue weighted by atomic mass is 16.4. The second-order valence-electron chi connectivity index (χ2n) is 19.2. The van der Waals surface area contributed by atoms with E-state index in [-0.39, 0.29) is 12.8 Å². The van der Waals surface area contributed by atoms with Gasteiger partial charge in [0, 0.05) is 18.8 Å². The first kappa shape index (κ1) is 58.9. The molecular formula is C54H104O6. The topological polar surface area (TPSA) is 112 Å². The molecule has 0 rings (SSSR count). The summed E-state index contributed by atoms with van der Waals surface area (Å²) in [6.07, 6.45) is 43.7. The zero-order valence-corrected chi connectivity index (χ0v) is 40.7. The third-order valence-electron chi connectivity index (χ3n) is 13.4. The van der Waals surface area contributed by atoms with Gasteiger partial charge in [0.1, 0.15) is 0 Å². The van der Waals surface area contributed by atoms with Gasteiger partial charge < -0.3 is 15.3 Å². The fourth-order valence-corrected chi connectivity index (χ4v) is 8.93. The molecule has 4 atom stereocenters. The van der Waals surface area contributed by atoms with Crippen LogP contribution in [-0.4, -0.2) is 50.5 Å². The van der Waals surface area contributed by atoms with Crippen molar-refractivity contribution < 1.29 is 29.7 Å². The Morgan fingerprint density at radius 1 is 0.367 bits per heavy atom. The van der Waals surface area contributed by atoms with Crippen LogP contribution in [0.2, 0.25) is 0 Å². The monoisotopic (exact) mass is 849 g/mol. The Kier molecular flexibility index (Phi) is 42.4. The molecule has 0 aromatic carbocycles. The number of ketones is 3. The molecule has 0 aliphatic rings. The Morgan fingerprint density at radius 3 is 0.917 bits per heavy atom. The van der Waals surface area contributed by atoms with Crippen molar-refractivity contribution in [3.05, 3.63) is 0 Å². The van der Waals surface area contributed by atoms with Gasteiger partial charge in [-0.1, -0.05) is 272 Å². The Balaban J connectivity index is 4.87. The quantitative estimate of drug-likeness (QED) is 0.0526. The Bertz CT molecular complexity index is 966. The van der Waals surface area contributed by atoms with Crippen LogP contribution in [0.5, 0.6) is 0 Å². The third-order valence-corrected chi connectivity index (χ3v) is 13.4. The molecule has 6 heteroatoms. The van der Waals surface area contributed by atoms with Gasteiger partial charge >= 0.3 is 0 Å². The first-order valence-electron chi connectivity index (χ1n) is 26.9. The molecule has 0 heterocycles. The highest BCUT2D eigenvalue weighted by Gasteiger charge is 2.54. The van der Waals surface area contributed by atoms with Gasteiger partial charge in [-0.25, -0.2) is 0 Å². The molecule has 0 saturated carbocycles.